The van der Waals surface area contributed by atoms with Gasteiger partial charge >= 0.3 is 5.97 Å². The smallest absolute Gasteiger partial charge is 0.310 e. The van der Waals surface area contributed by atoms with E-state index in [4.69, 9.17) is 4.74 Å². The molecule has 0 amide bonds. The summed E-state index contributed by atoms with van der Waals surface area (Å²) in [6, 6.07) is 1.37. The lowest BCUT2D eigenvalue weighted by Crippen LogP contribution is -2.17. The molecule has 3 rings (SSSR count). The summed E-state index contributed by atoms with van der Waals surface area (Å²) in [7, 11) is 0. The molecule has 0 N–H and O–H groups in total. The van der Waals surface area contributed by atoms with Crippen LogP contribution in [0.1, 0.15) is 38.4 Å². The Balaban J connectivity index is 1.71. The van der Waals surface area contributed by atoms with Crippen LogP contribution >= 0.6 is 11.3 Å². The number of aryl methyl sites for hydroxylation is 1. The summed E-state index contributed by atoms with van der Waals surface area (Å²) >= 11 is 1.33. The molecule has 1 aliphatic rings. The van der Waals surface area contributed by atoms with E-state index in [1.807, 2.05) is 20.8 Å². The first-order valence-corrected chi connectivity index (χ1v) is 8.70. The van der Waals surface area contributed by atoms with Crippen molar-refractivity contribution in [3.63, 3.8) is 0 Å². The third-order valence-electron chi connectivity index (χ3n) is 4.44. The molecule has 0 spiro atoms. The maximum absolute atomic E-state index is 12.4. The lowest BCUT2D eigenvalue weighted by atomic mass is 10.1. The molecular weight excluding hydrogens is 326 g/mol. The van der Waals surface area contributed by atoms with Crippen LogP contribution in [0.4, 0.5) is 0 Å². The van der Waals surface area contributed by atoms with Crippen molar-refractivity contribution in [2.24, 2.45) is 17.3 Å². The second-order valence-electron chi connectivity index (χ2n) is 7.08. The normalized spacial score (nSPS) is 21.5. The van der Waals surface area contributed by atoms with Crippen molar-refractivity contribution < 1.29 is 9.53 Å². The van der Waals surface area contributed by atoms with Gasteiger partial charge in [-0.15, -0.1) is 0 Å². The molecule has 0 aliphatic heterocycles. The van der Waals surface area contributed by atoms with Gasteiger partial charge in [-0.2, -0.15) is 9.61 Å². The van der Waals surface area contributed by atoms with Crippen LogP contribution in [0.15, 0.2) is 22.5 Å². The Hall–Kier alpha value is -2.02. The number of allylic oxidation sites excluding steroid dienone is 2. The largest absolute Gasteiger partial charge is 0.459 e. The molecule has 24 heavy (non-hydrogen) atoms. The Morgan fingerprint density at radius 3 is 2.83 bits per heavy atom. The van der Waals surface area contributed by atoms with Gasteiger partial charge in [-0.1, -0.05) is 36.8 Å². The third-order valence-corrected chi connectivity index (χ3v) is 5.26. The summed E-state index contributed by atoms with van der Waals surface area (Å²) in [6.07, 6.45) is 2.13. The molecular formula is C17H21N3O3S. The highest BCUT2D eigenvalue weighted by atomic mass is 32.1. The van der Waals surface area contributed by atoms with Gasteiger partial charge in [0, 0.05) is 6.07 Å². The molecule has 0 radical (unpaired) electrons. The van der Waals surface area contributed by atoms with Gasteiger partial charge in [-0.05, 0) is 32.1 Å². The van der Waals surface area contributed by atoms with Crippen molar-refractivity contribution in [1.29, 1.82) is 0 Å². The summed E-state index contributed by atoms with van der Waals surface area (Å²) in [5.41, 5.74) is 1.31. The number of nitrogens with zero attached hydrogens (tertiary/aromatic N) is 3. The minimum atomic E-state index is -0.260. The van der Waals surface area contributed by atoms with Crippen molar-refractivity contribution in [2.45, 2.75) is 41.2 Å². The van der Waals surface area contributed by atoms with Crippen LogP contribution in [0.2, 0.25) is 0 Å². The maximum Gasteiger partial charge on any atom is 0.310 e. The van der Waals surface area contributed by atoms with E-state index in [1.54, 1.807) is 0 Å². The fraction of sp³-hybridized carbons (Fsp3) is 0.529. The molecule has 0 unspecified atom stereocenters. The van der Waals surface area contributed by atoms with Gasteiger partial charge in [0.05, 0.1) is 11.6 Å². The average molecular weight is 347 g/mol. The molecule has 1 saturated carbocycles. The highest BCUT2D eigenvalue weighted by Gasteiger charge is 2.61. The fourth-order valence-corrected chi connectivity index (χ4v) is 3.83. The van der Waals surface area contributed by atoms with Gasteiger partial charge in [0.1, 0.15) is 11.6 Å². The topological polar surface area (TPSA) is 73.6 Å². The Morgan fingerprint density at radius 1 is 1.46 bits per heavy atom. The van der Waals surface area contributed by atoms with Crippen LogP contribution in [0.25, 0.3) is 4.96 Å². The molecule has 0 saturated heterocycles. The van der Waals surface area contributed by atoms with Crippen LogP contribution < -0.4 is 5.56 Å². The van der Waals surface area contributed by atoms with Crippen LogP contribution in [-0.2, 0) is 16.1 Å². The summed E-state index contributed by atoms with van der Waals surface area (Å²) in [5.74, 6) is -0.159. The predicted octanol–water partition coefficient (Wildman–Crippen LogP) is 2.74. The number of carbonyl (C=O) groups excluding carboxylic acids is 1. The molecule has 1 aliphatic carbocycles. The van der Waals surface area contributed by atoms with E-state index in [0.717, 1.165) is 5.01 Å². The van der Waals surface area contributed by atoms with Crippen molar-refractivity contribution >= 4 is 22.3 Å². The lowest BCUT2D eigenvalue weighted by molar-refractivity contribution is -0.147. The van der Waals surface area contributed by atoms with E-state index in [9.17, 15) is 9.59 Å². The first-order chi connectivity index (χ1) is 11.2. The Labute approximate surface area is 144 Å². The zero-order chi connectivity index (χ0) is 17.6. The van der Waals surface area contributed by atoms with Crippen molar-refractivity contribution in [2.75, 3.05) is 0 Å². The van der Waals surface area contributed by atoms with Gasteiger partial charge in [-0.3, -0.25) is 9.59 Å². The van der Waals surface area contributed by atoms with Crippen LogP contribution in [0, 0.1) is 24.2 Å². The first-order valence-electron chi connectivity index (χ1n) is 7.88. The van der Waals surface area contributed by atoms with E-state index in [2.05, 4.69) is 30.0 Å². The monoisotopic (exact) mass is 347 g/mol. The summed E-state index contributed by atoms with van der Waals surface area (Å²) < 4.78 is 6.68. The summed E-state index contributed by atoms with van der Waals surface area (Å²) in [4.78, 5) is 29.2. The highest BCUT2D eigenvalue weighted by molar-refractivity contribution is 7.16. The SMILES string of the molecule is CC(C)=C[C@H]1[C@H](C(=O)OCc2cc(=O)n3nc(C)sc3n2)C1(C)C. The number of ether oxygens (including phenoxy) is 1. The molecule has 0 bridgehead atoms. The molecule has 2 heterocycles. The Morgan fingerprint density at radius 2 is 2.17 bits per heavy atom. The van der Waals surface area contributed by atoms with Gasteiger partial charge in [0.2, 0.25) is 4.96 Å². The fourth-order valence-electron chi connectivity index (χ4n) is 3.06. The molecule has 128 valence electrons. The third kappa shape index (κ3) is 3.00. The van der Waals surface area contributed by atoms with Gasteiger partial charge in [0.15, 0.2) is 0 Å². The number of esters is 1. The van der Waals surface area contributed by atoms with E-state index in [1.165, 1.54) is 27.5 Å². The average Bonchev–Trinajstić information content (AvgIpc) is 2.81. The number of aromatic nitrogens is 3. The quantitative estimate of drug-likeness (QED) is 0.628. The molecule has 2 atom stereocenters. The molecule has 0 aromatic carbocycles. The second-order valence-corrected chi connectivity index (χ2v) is 8.24. The molecule has 7 heteroatoms. The van der Waals surface area contributed by atoms with Gasteiger partial charge < -0.3 is 4.74 Å². The van der Waals surface area contributed by atoms with E-state index in [0.29, 0.717) is 10.7 Å². The van der Waals surface area contributed by atoms with E-state index < -0.39 is 0 Å². The van der Waals surface area contributed by atoms with Crippen molar-refractivity contribution in [3.05, 3.63) is 38.8 Å². The Bertz CT molecular complexity index is 890. The van der Waals surface area contributed by atoms with Crippen LogP contribution in [0.5, 0.6) is 0 Å². The number of carbonyl (C=O) groups is 1. The lowest BCUT2D eigenvalue weighted by Gasteiger charge is -2.05. The number of fused-ring (bicyclic) bond motifs is 1. The van der Waals surface area contributed by atoms with Crippen LogP contribution in [-0.4, -0.2) is 20.6 Å². The van der Waals surface area contributed by atoms with Crippen molar-refractivity contribution in [1.82, 2.24) is 14.6 Å². The highest BCUT2D eigenvalue weighted by Crippen LogP contribution is 2.59. The Kier molecular flexibility index (Phi) is 4.07. The molecule has 2 aromatic rings. The molecule has 2 aromatic heterocycles. The predicted molar refractivity (Wildman–Crippen MR) is 91.9 cm³/mol. The first kappa shape index (κ1) is 16.8. The zero-order valence-electron chi connectivity index (χ0n) is 14.5. The zero-order valence-corrected chi connectivity index (χ0v) is 15.3. The van der Waals surface area contributed by atoms with E-state index >= 15 is 0 Å². The second kappa shape index (κ2) is 5.81. The maximum atomic E-state index is 12.4. The minimum absolute atomic E-state index is 0.00957. The number of hydrogen-bond donors (Lipinski definition) is 0. The molecule has 1 fully saturated rings. The number of rotatable bonds is 4. The van der Waals surface area contributed by atoms with E-state index in [-0.39, 0.29) is 35.4 Å². The number of hydrogen-bond acceptors (Lipinski definition) is 6. The standard InChI is InChI=1S/C17H21N3O3S/c1-9(2)6-12-14(17(12,4)5)15(22)23-8-11-7-13(21)20-16(18-11)24-10(3)19-20/h6-7,12,14H,8H2,1-5H3/t12-,14+/m0/s1. The summed E-state index contributed by atoms with van der Waals surface area (Å²) in [6.45, 7) is 10.0. The molecule has 6 nitrogen and oxygen atoms in total. The van der Waals surface area contributed by atoms with Crippen LogP contribution in [0.3, 0.4) is 0 Å². The minimum Gasteiger partial charge on any atom is -0.459 e. The van der Waals surface area contributed by atoms with Gasteiger partial charge in [-0.25, -0.2) is 4.98 Å². The summed E-state index contributed by atoms with van der Waals surface area (Å²) in [5, 5.41) is 4.85. The van der Waals surface area contributed by atoms with Gasteiger partial charge in [0.25, 0.3) is 5.56 Å². The van der Waals surface area contributed by atoms with Crippen molar-refractivity contribution in [3.8, 4) is 0 Å².